The Morgan fingerprint density at radius 3 is 2.50 bits per heavy atom. The predicted molar refractivity (Wildman–Crippen MR) is 91.0 cm³/mol. The quantitative estimate of drug-likeness (QED) is 0.830. The van der Waals surface area contributed by atoms with Gasteiger partial charge in [0.05, 0.1) is 23.4 Å². The summed E-state index contributed by atoms with van der Waals surface area (Å²) in [5.41, 5.74) is 1.42. The number of nitrogens with one attached hydrogen (secondary N) is 1. The molecule has 1 saturated heterocycles. The first-order chi connectivity index (χ1) is 13.2. The fourth-order valence-corrected chi connectivity index (χ4v) is 5.21. The average molecular weight is 417 g/mol. The van der Waals surface area contributed by atoms with Gasteiger partial charge in [0.1, 0.15) is 11.4 Å². The van der Waals surface area contributed by atoms with Crippen molar-refractivity contribution in [2.24, 2.45) is 0 Å². The van der Waals surface area contributed by atoms with Crippen LogP contribution in [0.3, 0.4) is 0 Å². The first-order valence-electron chi connectivity index (χ1n) is 8.72. The summed E-state index contributed by atoms with van der Waals surface area (Å²) in [5, 5.41) is 7.05. The fourth-order valence-electron chi connectivity index (χ4n) is 3.77. The van der Waals surface area contributed by atoms with Crippen molar-refractivity contribution < 1.29 is 31.1 Å². The summed E-state index contributed by atoms with van der Waals surface area (Å²) in [7, 11) is -3.83. The monoisotopic (exact) mass is 417 g/mol. The molecule has 1 aromatic heterocycles. The van der Waals surface area contributed by atoms with Crippen molar-refractivity contribution in [1.82, 2.24) is 14.5 Å². The van der Waals surface area contributed by atoms with Crippen molar-refractivity contribution in [2.45, 2.75) is 36.1 Å². The molecule has 0 atom stereocenters. The van der Waals surface area contributed by atoms with E-state index >= 15 is 0 Å². The summed E-state index contributed by atoms with van der Waals surface area (Å²) in [4.78, 5) is -0.0789. The molecule has 4 rings (SSSR count). The number of alkyl halides is 3. The number of hydrogen-bond donors (Lipinski definition) is 1. The lowest BCUT2D eigenvalue weighted by Crippen LogP contribution is -2.48. The molecule has 3 heterocycles. The molecule has 1 spiro atoms. The van der Waals surface area contributed by atoms with Crippen molar-refractivity contribution in [1.29, 1.82) is 0 Å². The number of nitrogens with zero attached hydrogens (tertiary/aromatic N) is 2. The Bertz CT molecular complexity index is 949. The number of fused-ring (bicyclic) bond motifs is 2. The maximum absolute atomic E-state index is 12.9. The molecule has 0 amide bonds. The van der Waals surface area contributed by atoms with Crippen LogP contribution in [0.15, 0.2) is 35.4 Å². The number of sulfonamides is 1. The Hall–Kier alpha value is -2.11. The second kappa shape index (κ2) is 6.75. The zero-order valence-corrected chi connectivity index (χ0v) is 15.5. The molecule has 2 aliphatic rings. The first-order valence-corrected chi connectivity index (χ1v) is 10.2. The van der Waals surface area contributed by atoms with Gasteiger partial charge in [-0.25, -0.2) is 8.42 Å². The number of hydrogen-bond acceptors (Lipinski definition) is 5. The molecule has 0 radical (unpaired) electrons. The van der Waals surface area contributed by atoms with Gasteiger partial charge in [-0.3, -0.25) is 5.10 Å². The van der Waals surface area contributed by atoms with Gasteiger partial charge in [-0.2, -0.15) is 9.40 Å². The largest absolute Gasteiger partial charge is 0.573 e. The highest BCUT2D eigenvalue weighted by Gasteiger charge is 2.44. The van der Waals surface area contributed by atoms with E-state index < -0.39 is 27.7 Å². The zero-order chi connectivity index (χ0) is 20.0. The molecule has 2 aliphatic heterocycles. The van der Waals surface area contributed by atoms with E-state index in [2.05, 4.69) is 14.9 Å². The molecule has 0 aliphatic carbocycles. The fraction of sp³-hybridized carbons (Fsp3) is 0.471. The van der Waals surface area contributed by atoms with Gasteiger partial charge < -0.3 is 9.47 Å². The van der Waals surface area contributed by atoms with E-state index in [1.54, 1.807) is 6.20 Å². The van der Waals surface area contributed by atoms with Crippen LogP contribution < -0.4 is 4.74 Å². The Balaban J connectivity index is 1.49. The summed E-state index contributed by atoms with van der Waals surface area (Å²) >= 11 is 0. The van der Waals surface area contributed by atoms with E-state index in [-0.39, 0.29) is 18.0 Å². The molecule has 11 heteroatoms. The van der Waals surface area contributed by atoms with Crippen molar-refractivity contribution in [2.75, 3.05) is 19.7 Å². The topological polar surface area (TPSA) is 84.5 Å². The van der Waals surface area contributed by atoms with E-state index in [1.807, 2.05) is 0 Å². The van der Waals surface area contributed by atoms with E-state index in [1.165, 1.54) is 4.31 Å². The highest BCUT2D eigenvalue weighted by atomic mass is 32.2. The van der Waals surface area contributed by atoms with Crippen LogP contribution in [0.4, 0.5) is 13.2 Å². The molecule has 0 unspecified atom stereocenters. The average Bonchev–Trinajstić information content (AvgIpc) is 3.12. The highest BCUT2D eigenvalue weighted by Crippen LogP contribution is 2.41. The number of piperidine rings is 1. The molecule has 152 valence electrons. The van der Waals surface area contributed by atoms with Crippen LogP contribution in [-0.2, 0) is 26.8 Å². The van der Waals surface area contributed by atoms with Crippen LogP contribution in [0.5, 0.6) is 5.75 Å². The van der Waals surface area contributed by atoms with Crippen molar-refractivity contribution in [3.8, 4) is 5.75 Å². The third-order valence-corrected chi connectivity index (χ3v) is 7.06. The SMILES string of the molecule is O=S(=O)(c1ccc(OC(F)(F)F)cc1)N1CCC2(CC1)OCCc1cn[nH]c12. The van der Waals surface area contributed by atoms with E-state index in [0.717, 1.165) is 41.9 Å². The highest BCUT2D eigenvalue weighted by molar-refractivity contribution is 7.89. The van der Waals surface area contributed by atoms with Crippen molar-refractivity contribution in [3.05, 3.63) is 41.7 Å². The van der Waals surface area contributed by atoms with Gasteiger partial charge in [-0.05, 0) is 49.1 Å². The predicted octanol–water partition coefficient (Wildman–Crippen LogP) is 2.56. The lowest BCUT2D eigenvalue weighted by molar-refractivity contribution is -0.274. The molecule has 0 bridgehead atoms. The zero-order valence-electron chi connectivity index (χ0n) is 14.7. The minimum Gasteiger partial charge on any atom is -0.406 e. The number of aromatic amines is 1. The van der Waals surface area contributed by atoms with Gasteiger partial charge in [0.15, 0.2) is 0 Å². The van der Waals surface area contributed by atoms with Crippen LogP contribution in [0.2, 0.25) is 0 Å². The van der Waals surface area contributed by atoms with Crippen LogP contribution in [0.25, 0.3) is 0 Å². The molecular weight excluding hydrogens is 399 g/mol. The third kappa shape index (κ3) is 3.49. The van der Waals surface area contributed by atoms with Gasteiger partial charge in [0.25, 0.3) is 0 Å². The third-order valence-electron chi connectivity index (χ3n) is 5.15. The standard InChI is InChI=1S/C17H18F3N3O4S/c18-17(19,20)27-13-1-3-14(4-2-13)28(24,25)23-8-6-16(7-9-23)15-12(5-10-26-16)11-21-22-15/h1-4,11H,5-10H2,(H,21,22). The number of rotatable bonds is 3. The lowest BCUT2D eigenvalue weighted by Gasteiger charge is -2.42. The Morgan fingerprint density at radius 2 is 1.86 bits per heavy atom. The summed E-state index contributed by atoms with van der Waals surface area (Å²) < 4.78 is 73.6. The van der Waals surface area contributed by atoms with Gasteiger partial charge in [0.2, 0.25) is 10.0 Å². The van der Waals surface area contributed by atoms with Gasteiger partial charge in [-0.15, -0.1) is 13.2 Å². The van der Waals surface area contributed by atoms with Gasteiger partial charge >= 0.3 is 6.36 Å². The van der Waals surface area contributed by atoms with Crippen molar-refractivity contribution >= 4 is 10.0 Å². The molecule has 1 N–H and O–H groups in total. The lowest BCUT2D eigenvalue weighted by atomic mass is 9.84. The molecule has 0 saturated carbocycles. The minimum absolute atomic E-state index is 0.0789. The summed E-state index contributed by atoms with van der Waals surface area (Å²) in [6, 6.07) is 4.22. The van der Waals surface area contributed by atoms with Crippen LogP contribution in [-0.4, -0.2) is 49.0 Å². The Kier molecular flexibility index (Phi) is 4.63. The second-order valence-electron chi connectivity index (χ2n) is 6.79. The van der Waals surface area contributed by atoms with Gasteiger partial charge in [0, 0.05) is 13.1 Å². The van der Waals surface area contributed by atoms with E-state index in [4.69, 9.17) is 4.74 Å². The first kappa shape index (κ1) is 19.2. The van der Waals surface area contributed by atoms with Crippen molar-refractivity contribution in [3.63, 3.8) is 0 Å². The summed E-state index contributed by atoms with van der Waals surface area (Å²) in [6.07, 6.45) is -1.35. The number of aromatic nitrogens is 2. The van der Waals surface area contributed by atoms with Crippen LogP contribution >= 0.6 is 0 Å². The number of H-pyrrole nitrogens is 1. The maximum Gasteiger partial charge on any atom is 0.573 e. The summed E-state index contributed by atoms with van der Waals surface area (Å²) in [6.45, 7) is 1.03. The molecule has 1 fully saturated rings. The number of benzene rings is 1. The minimum atomic E-state index is -4.83. The van der Waals surface area contributed by atoms with E-state index in [0.29, 0.717) is 19.4 Å². The molecule has 1 aromatic carbocycles. The smallest absolute Gasteiger partial charge is 0.406 e. The Morgan fingerprint density at radius 1 is 1.18 bits per heavy atom. The molecule has 28 heavy (non-hydrogen) atoms. The van der Waals surface area contributed by atoms with Crippen LogP contribution in [0.1, 0.15) is 24.1 Å². The van der Waals surface area contributed by atoms with Gasteiger partial charge in [-0.1, -0.05) is 0 Å². The van der Waals surface area contributed by atoms with E-state index in [9.17, 15) is 21.6 Å². The number of ether oxygens (including phenoxy) is 2. The Labute approximate surface area is 159 Å². The molecular formula is C17H18F3N3O4S. The number of halogens is 3. The normalized spacial score (nSPS) is 20.1. The molecule has 7 nitrogen and oxygen atoms in total. The summed E-state index contributed by atoms with van der Waals surface area (Å²) in [5.74, 6) is -0.466. The molecule has 2 aromatic rings. The maximum atomic E-state index is 12.9. The van der Waals surface area contributed by atoms with Crippen LogP contribution in [0, 0.1) is 0 Å². The second-order valence-corrected chi connectivity index (χ2v) is 8.72.